The third-order valence-corrected chi connectivity index (χ3v) is 4.25. The van der Waals surface area contributed by atoms with E-state index in [1.807, 2.05) is 20.8 Å². The van der Waals surface area contributed by atoms with Crippen LogP contribution in [0, 0.1) is 11.8 Å². The van der Waals surface area contributed by atoms with Gasteiger partial charge in [-0.2, -0.15) is 0 Å². The summed E-state index contributed by atoms with van der Waals surface area (Å²) in [6.07, 6.45) is 4.26. The van der Waals surface area contributed by atoms with Gasteiger partial charge < -0.3 is 20.5 Å². The van der Waals surface area contributed by atoms with E-state index in [1.165, 1.54) is 12.8 Å². The number of amides is 1. The Hall–Kier alpha value is -0.810. The highest BCUT2D eigenvalue weighted by Gasteiger charge is 2.28. The van der Waals surface area contributed by atoms with Crippen LogP contribution in [0.3, 0.4) is 0 Å². The van der Waals surface area contributed by atoms with Crippen molar-refractivity contribution in [1.82, 2.24) is 10.6 Å². The highest BCUT2D eigenvalue weighted by molar-refractivity contribution is 5.67. The van der Waals surface area contributed by atoms with Gasteiger partial charge in [0.05, 0.1) is 6.61 Å². The number of ether oxygens (including phenoxy) is 1. The lowest BCUT2D eigenvalue weighted by molar-refractivity contribution is 0.0507. The standard InChI is InChI=1S/C17H34N2O3/c1-12(2)15(11-20)19-14-9-7-6-8-13(14)10-18-16(21)22-17(3,4)5/h12-15,19-20H,6-11H2,1-5H3,(H,18,21). The van der Waals surface area contributed by atoms with Crippen LogP contribution in [0.15, 0.2) is 0 Å². The molecule has 3 N–H and O–H groups in total. The molecule has 0 bridgehead atoms. The van der Waals surface area contributed by atoms with Crippen LogP contribution >= 0.6 is 0 Å². The monoisotopic (exact) mass is 314 g/mol. The van der Waals surface area contributed by atoms with Crippen molar-refractivity contribution in [3.05, 3.63) is 0 Å². The van der Waals surface area contributed by atoms with Crippen molar-refractivity contribution in [3.63, 3.8) is 0 Å². The summed E-state index contributed by atoms with van der Waals surface area (Å²) in [6.45, 7) is 10.6. The minimum absolute atomic E-state index is 0.118. The van der Waals surface area contributed by atoms with Gasteiger partial charge >= 0.3 is 6.09 Å². The van der Waals surface area contributed by atoms with Gasteiger partial charge in [-0.05, 0) is 45.4 Å². The van der Waals surface area contributed by atoms with Gasteiger partial charge in [-0.1, -0.05) is 26.7 Å². The maximum Gasteiger partial charge on any atom is 0.407 e. The van der Waals surface area contributed by atoms with E-state index in [1.54, 1.807) is 0 Å². The highest BCUT2D eigenvalue weighted by Crippen LogP contribution is 2.25. The molecule has 3 atom stereocenters. The van der Waals surface area contributed by atoms with E-state index in [0.29, 0.717) is 24.4 Å². The normalized spacial score (nSPS) is 24.1. The lowest BCUT2D eigenvalue weighted by atomic mass is 9.83. The van der Waals surface area contributed by atoms with Gasteiger partial charge in [-0.3, -0.25) is 0 Å². The number of hydrogen-bond acceptors (Lipinski definition) is 4. The maximum absolute atomic E-state index is 11.8. The Morgan fingerprint density at radius 3 is 2.45 bits per heavy atom. The van der Waals surface area contributed by atoms with Crippen LogP contribution in [-0.2, 0) is 4.74 Å². The summed E-state index contributed by atoms with van der Waals surface area (Å²) < 4.78 is 5.29. The average molecular weight is 314 g/mol. The summed E-state index contributed by atoms with van der Waals surface area (Å²) in [5.74, 6) is 0.792. The van der Waals surface area contributed by atoms with Crippen molar-refractivity contribution in [2.45, 2.75) is 78.0 Å². The number of aliphatic hydroxyl groups is 1. The Balaban J connectivity index is 2.49. The molecule has 22 heavy (non-hydrogen) atoms. The van der Waals surface area contributed by atoms with E-state index < -0.39 is 5.60 Å². The van der Waals surface area contributed by atoms with Crippen molar-refractivity contribution in [1.29, 1.82) is 0 Å². The lowest BCUT2D eigenvalue weighted by Crippen LogP contribution is -2.51. The minimum Gasteiger partial charge on any atom is -0.444 e. The Bertz CT molecular complexity index is 339. The summed E-state index contributed by atoms with van der Waals surface area (Å²) in [5.41, 5.74) is -0.464. The SMILES string of the molecule is CC(C)C(CO)NC1CCCCC1CNC(=O)OC(C)(C)C. The second-order valence-electron chi connectivity index (χ2n) is 7.73. The summed E-state index contributed by atoms with van der Waals surface area (Å²) >= 11 is 0. The van der Waals surface area contributed by atoms with Crippen LogP contribution in [0.4, 0.5) is 4.79 Å². The Morgan fingerprint density at radius 2 is 1.91 bits per heavy atom. The van der Waals surface area contributed by atoms with Crippen LogP contribution in [0.5, 0.6) is 0 Å². The fraction of sp³-hybridized carbons (Fsp3) is 0.941. The number of alkyl carbamates (subject to hydrolysis) is 1. The van der Waals surface area contributed by atoms with E-state index in [2.05, 4.69) is 24.5 Å². The average Bonchev–Trinajstić information content (AvgIpc) is 2.41. The van der Waals surface area contributed by atoms with Crippen molar-refractivity contribution in [2.24, 2.45) is 11.8 Å². The summed E-state index contributed by atoms with van der Waals surface area (Å²) in [4.78, 5) is 11.8. The molecule has 1 saturated carbocycles. The molecule has 0 radical (unpaired) electrons. The molecule has 1 fully saturated rings. The zero-order chi connectivity index (χ0) is 16.8. The predicted molar refractivity (Wildman–Crippen MR) is 88.8 cm³/mol. The Kier molecular flexibility index (Phi) is 7.63. The number of aliphatic hydroxyl groups excluding tert-OH is 1. The third-order valence-electron chi connectivity index (χ3n) is 4.25. The third kappa shape index (κ3) is 6.97. The molecule has 0 aliphatic heterocycles. The molecule has 130 valence electrons. The minimum atomic E-state index is -0.464. The van der Waals surface area contributed by atoms with E-state index in [0.717, 1.165) is 12.8 Å². The van der Waals surface area contributed by atoms with Crippen LogP contribution in [0.2, 0.25) is 0 Å². The van der Waals surface area contributed by atoms with Gasteiger partial charge in [0.1, 0.15) is 5.60 Å². The summed E-state index contributed by atoms with van der Waals surface area (Å²) in [7, 11) is 0. The molecule has 0 saturated heterocycles. The van der Waals surface area contributed by atoms with E-state index in [9.17, 15) is 9.90 Å². The topological polar surface area (TPSA) is 70.6 Å². The van der Waals surface area contributed by atoms with Crippen LogP contribution in [0.1, 0.15) is 60.3 Å². The van der Waals surface area contributed by atoms with Crippen molar-refractivity contribution < 1.29 is 14.6 Å². The number of nitrogens with one attached hydrogen (secondary N) is 2. The Morgan fingerprint density at radius 1 is 1.27 bits per heavy atom. The molecule has 1 aliphatic carbocycles. The summed E-state index contributed by atoms with van der Waals surface area (Å²) in [5, 5.41) is 16.0. The first-order chi connectivity index (χ1) is 10.2. The molecular formula is C17H34N2O3. The molecule has 1 rings (SSSR count). The van der Waals surface area contributed by atoms with Crippen molar-refractivity contribution >= 4 is 6.09 Å². The molecule has 0 spiro atoms. The maximum atomic E-state index is 11.8. The van der Waals surface area contributed by atoms with Gasteiger partial charge in [0, 0.05) is 18.6 Å². The highest BCUT2D eigenvalue weighted by atomic mass is 16.6. The zero-order valence-electron chi connectivity index (χ0n) is 14.8. The molecule has 0 aromatic rings. The molecular weight excluding hydrogens is 280 g/mol. The molecule has 5 nitrogen and oxygen atoms in total. The number of carbonyl (C=O) groups is 1. The molecule has 1 amide bonds. The number of carbonyl (C=O) groups excluding carboxylic acids is 1. The van der Waals surface area contributed by atoms with Crippen LogP contribution in [-0.4, -0.2) is 42.0 Å². The van der Waals surface area contributed by atoms with Gasteiger partial charge in [0.25, 0.3) is 0 Å². The van der Waals surface area contributed by atoms with Gasteiger partial charge in [0.15, 0.2) is 0 Å². The molecule has 5 heteroatoms. The smallest absolute Gasteiger partial charge is 0.407 e. The molecule has 0 aromatic heterocycles. The largest absolute Gasteiger partial charge is 0.444 e. The molecule has 0 heterocycles. The van der Waals surface area contributed by atoms with Crippen LogP contribution in [0.25, 0.3) is 0 Å². The fourth-order valence-corrected chi connectivity index (χ4v) is 2.93. The number of hydrogen-bond donors (Lipinski definition) is 3. The Labute approximate surface area is 135 Å². The van der Waals surface area contributed by atoms with E-state index in [4.69, 9.17) is 4.74 Å². The van der Waals surface area contributed by atoms with Crippen LogP contribution < -0.4 is 10.6 Å². The summed E-state index contributed by atoms with van der Waals surface area (Å²) in [6, 6.07) is 0.468. The zero-order valence-corrected chi connectivity index (χ0v) is 14.8. The quantitative estimate of drug-likeness (QED) is 0.705. The fourth-order valence-electron chi connectivity index (χ4n) is 2.93. The molecule has 1 aliphatic rings. The number of rotatable bonds is 6. The first-order valence-corrected chi connectivity index (χ1v) is 8.56. The lowest BCUT2D eigenvalue weighted by Gasteiger charge is -2.36. The molecule has 0 aromatic carbocycles. The second-order valence-corrected chi connectivity index (χ2v) is 7.73. The van der Waals surface area contributed by atoms with E-state index >= 15 is 0 Å². The molecule has 3 unspecified atom stereocenters. The first kappa shape index (κ1) is 19.2. The van der Waals surface area contributed by atoms with Crippen molar-refractivity contribution in [3.8, 4) is 0 Å². The first-order valence-electron chi connectivity index (χ1n) is 8.56. The van der Waals surface area contributed by atoms with Gasteiger partial charge in [-0.25, -0.2) is 4.79 Å². The van der Waals surface area contributed by atoms with Crippen molar-refractivity contribution in [2.75, 3.05) is 13.2 Å². The van der Waals surface area contributed by atoms with Gasteiger partial charge in [-0.15, -0.1) is 0 Å². The van der Waals surface area contributed by atoms with E-state index in [-0.39, 0.29) is 18.7 Å². The second kappa shape index (κ2) is 8.73. The van der Waals surface area contributed by atoms with Gasteiger partial charge in [0.2, 0.25) is 0 Å². The predicted octanol–water partition coefficient (Wildman–Crippen LogP) is 2.68.